The van der Waals surface area contributed by atoms with E-state index < -0.39 is 0 Å². The summed E-state index contributed by atoms with van der Waals surface area (Å²) < 4.78 is 0. The first-order chi connectivity index (χ1) is 23.8. The average Bonchev–Trinajstić information content (AvgIpc) is 3.17. The van der Waals surface area contributed by atoms with Gasteiger partial charge in [0.2, 0.25) is 0 Å². The molecule has 48 heavy (non-hydrogen) atoms. The van der Waals surface area contributed by atoms with Crippen LogP contribution in [0.15, 0.2) is 176 Å². The summed E-state index contributed by atoms with van der Waals surface area (Å²) in [6.07, 6.45) is 0. The maximum Gasteiger partial charge on any atom is 0.164 e. The molecule has 0 bridgehead atoms. The van der Waals surface area contributed by atoms with E-state index in [0.717, 1.165) is 38.4 Å². The molecule has 9 rings (SSSR count). The summed E-state index contributed by atoms with van der Waals surface area (Å²) in [5, 5.41) is 7.04. The van der Waals surface area contributed by atoms with E-state index in [2.05, 4.69) is 170 Å². The lowest BCUT2D eigenvalue weighted by Gasteiger charge is -2.12. The third kappa shape index (κ3) is 5.08. The highest BCUT2D eigenvalue weighted by Gasteiger charge is 2.15. The van der Waals surface area contributed by atoms with Gasteiger partial charge in [-0.15, -0.1) is 0 Å². The molecule has 1 aromatic heterocycles. The SMILES string of the molecule is c1ccc(-c2ccc3cc(-c4nc(-c5ccc(-c6cccc7ccccc67)cc5)nc(-c5cccc6ccccc56)n4)ccc3c2)cc1. The number of hydrogen-bond donors (Lipinski definition) is 0. The van der Waals surface area contributed by atoms with Crippen LogP contribution in [0.5, 0.6) is 0 Å². The van der Waals surface area contributed by atoms with Crippen molar-refractivity contribution in [3.05, 3.63) is 176 Å². The number of benzene rings is 8. The van der Waals surface area contributed by atoms with E-state index in [0.29, 0.717) is 17.5 Å². The van der Waals surface area contributed by atoms with Crippen LogP contribution in [0.25, 0.3) is 88.7 Å². The van der Waals surface area contributed by atoms with E-state index in [1.807, 2.05) is 6.07 Å². The van der Waals surface area contributed by atoms with Crippen molar-refractivity contribution in [2.75, 3.05) is 0 Å². The molecule has 9 aromatic rings. The molecule has 0 fully saturated rings. The van der Waals surface area contributed by atoms with Gasteiger partial charge in [0.05, 0.1) is 0 Å². The van der Waals surface area contributed by atoms with Crippen LogP contribution in [0.4, 0.5) is 0 Å². The van der Waals surface area contributed by atoms with Crippen molar-refractivity contribution in [1.29, 1.82) is 0 Å². The van der Waals surface area contributed by atoms with E-state index in [-0.39, 0.29) is 0 Å². The molecule has 3 heteroatoms. The van der Waals surface area contributed by atoms with E-state index in [1.54, 1.807) is 0 Å². The summed E-state index contributed by atoms with van der Waals surface area (Å²) in [5.74, 6) is 1.95. The summed E-state index contributed by atoms with van der Waals surface area (Å²) in [6, 6.07) is 61.8. The van der Waals surface area contributed by atoms with Crippen LogP contribution in [-0.4, -0.2) is 15.0 Å². The highest BCUT2D eigenvalue weighted by atomic mass is 15.0. The zero-order valence-corrected chi connectivity index (χ0v) is 26.1. The minimum atomic E-state index is 0.645. The molecule has 0 spiro atoms. The van der Waals surface area contributed by atoms with Crippen molar-refractivity contribution in [2.24, 2.45) is 0 Å². The number of nitrogens with zero attached hydrogens (tertiary/aromatic N) is 3. The highest BCUT2D eigenvalue weighted by molar-refractivity contribution is 5.97. The Morgan fingerprint density at radius 3 is 1.44 bits per heavy atom. The molecular weight excluding hydrogens is 583 g/mol. The fraction of sp³-hybridized carbons (Fsp3) is 0. The van der Waals surface area contributed by atoms with Crippen molar-refractivity contribution >= 4 is 32.3 Å². The monoisotopic (exact) mass is 611 g/mol. The number of rotatable bonds is 5. The first-order valence-electron chi connectivity index (χ1n) is 16.2. The third-order valence-corrected chi connectivity index (χ3v) is 9.12. The van der Waals surface area contributed by atoms with Crippen LogP contribution in [0.3, 0.4) is 0 Å². The molecule has 1 heterocycles. The summed E-state index contributed by atoms with van der Waals surface area (Å²) in [6.45, 7) is 0. The lowest BCUT2D eigenvalue weighted by Crippen LogP contribution is -2.00. The van der Waals surface area contributed by atoms with Crippen molar-refractivity contribution in [1.82, 2.24) is 15.0 Å². The van der Waals surface area contributed by atoms with Crippen molar-refractivity contribution in [2.45, 2.75) is 0 Å². The average molecular weight is 612 g/mol. The largest absolute Gasteiger partial charge is 0.208 e. The molecule has 3 nitrogen and oxygen atoms in total. The topological polar surface area (TPSA) is 38.7 Å². The van der Waals surface area contributed by atoms with Crippen LogP contribution in [0, 0.1) is 0 Å². The van der Waals surface area contributed by atoms with E-state index >= 15 is 0 Å². The summed E-state index contributed by atoms with van der Waals surface area (Å²) in [7, 11) is 0. The Hall–Kier alpha value is -6.45. The van der Waals surface area contributed by atoms with Gasteiger partial charge in [0.15, 0.2) is 17.5 Å². The van der Waals surface area contributed by atoms with Gasteiger partial charge in [-0.05, 0) is 66.7 Å². The fourth-order valence-electron chi connectivity index (χ4n) is 6.65. The van der Waals surface area contributed by atoms with Crippen LogP contribution < -0.4 is 0 Å². The second-order valence-corrected chi connectivity index (χ2v) is 12.1. The molecule has 224 valence electrons. The standard InChI is InChI=1S/C45H29N3/c1-2-10-30(11-3-1)35-24-25-37-29-38(27-26-36(37)28-35)44-46-43(47-45(48-44)42-19-9-15-32-13-5-7-17-41(32)42)34-22-20-33(21-23-34)40-18-8-14-31-12-4-6-16-39(31)40/h1-29H. The van der Waals surface area contributed by atoms with Crippen molar-refractivity contribution < 1.29 is 0 Å². The summed E-state index contributed by atoms with van der Waals surface area (Å²) in [4.78, 5) is 15.3. The van der Waals surface area contributed by atoms with Gasteiger partial charge >= 0.3 is 0 Å². The fourth-order valence-corrected chi connectivity index (χ4v) is 6.65. The highest BCUT2D eigenvalue weighted by Crippen LogP contribution is 2.34. The van der Waals surface area contributed by atoms with Crippen LogP contribution in [0.1, 0.15) is 0 Å². The lowest BCUT2D eigenvalue weighted by atomic mass is 9.97. The summed E-state index contributed by atoms with van der Waals surface area (Å²) in [5.41, 5.74) is 7.64. The smallest absolute Gasteiger partial charge is 0.164 e. The Morgan fingerprint density at radius 1 is 0.250 bits per heavy atom. The van der Waals surface area contributed by atoms with Crippen LogP contribution >= 0.6 is 0 Å². The molecule has 0 saturated heterocycles. The Kier molecular flexibility index (Phi) is 6.80. The van der Waals surface area contributed by atoms with Gasteiger partial charge in [0, 0.05) is 16.7 Å². The zero-order chi connectivity index (χ0) is 31.9. The van der Waals surface area contributed by atoms with Gasteiger partial charge in [0.1, 0.15) is 0 Å². The van der Waals surface area contributed by atoms with Crippen molar-refractivity contribution in [3.63, 3.8) is 0 Å². The zero-order valence-electron chi connectivity index (χ0n) is 26.1. The predicted octanol–water partition coefficient (Wildman–Crippen LogP) is 11.7. The Bertz CT molecular complexity index is 2600. The normalized spacial score (nSPS) is 11.3. The first kappa shape index (κ1) is 27.8. The number of aromatic nitrogens is 3. The molecule has 8 aromatic carbocycles. The van der Waals surface area contributed by atoms with Gasteiger partial charge in [-0.1, -0.05) is 164 Å². The third-order valence-electron chi connectivity index (χ3n) is 9.12. The second-order valence-electron chi connectivity index (χ2n) is 12.1. The van der Waals surface area contributed by atoms with E-state index in [1.165, 1.54) is 32.8 Å². The van der Waals surface area contributed by atoms with Gasteiger partial charge in [-0.2, -0.15) is 0 Å². The van der Waals surface area contributed by atoms with Crippen LogP contribution in [-0.2, 0) is 0 Å². The lowest BCUT2D eigenvalue weighted by molar-refractivity contribution is 1.08. The maximum absolute atomic E-state index is 5.10. The Balaban J connectivity index is 1.17. The van der Waals surface area contributed by atoms with Gasteiger partial charge in [0.25, 0.3) is 0 Å². The Labute approximate surface area is 278 Å². The van der Waals surface area contributed by atoms with Crippen molar-refractivity contribution in [3.8, 4) is 56.4 Å². The molecule has 0 unspecified atom stereocenters. The molecule has 0 aliphatic carbocycles. The minimum Gasteiger partial charge on any atom is -0.208 e. The predicted molar refractivity (Wildman–Crippen MR) is 200 cm³/mol. The molecular formula is C45H29N3. The number of fused-ring (bicyclic) bond motifs is 3. The molecule has 0 aliphatic rings. The first-order valence-corrected chi connectivity index (χ1v) is 16.2. The van der Waals surface area contributed by atoms with Gasteiger partial charge in [-0.3, -0.25) is 0 Å². The van der Waals surface area contributed by atoms with E-state index in [9.17, 15) is 0 Å². The number of hydrogen-bond acceptors (Lipinski definition) is 3. The molecule has 0 radical (unpaired) electrons. The van der Waals surface area contributed by atoms with Gasteiger partial charge < -0.3 is 0 Å². The summed E-state index contributed by atoms with van der Waals surface area (Å²) >= 11 is 0. The molecule has 0 saturated carbocycles. The molecule has 0 atom stereocenters. The quantitative estimate of drug-likeness (QED) is 0.194. The van der Waals surface area contributed by atoms with Crippen LogP contribution in [0.2, 0.25) is 0 Å². The van der Waals surface area contributed by atoms with E-state index in [4.69, 9.17) is 15.0 Å². The molecule has 0 aliphatic heterocycles. The second kappa shape index (κ2) is 11.7. The minimum absolute atomic E-state index is 0.645. The molecule has 0 N–H and O–H groups in total. The molecule has 0 amide bonds. The Morgan fingerprint density at radius 2 is 0.729 bits per heavy atom. The maximum atomic E-state index is 5.10. The van der Waals surface area contributed by atoms with Gasteiger partial charge in [-0.25, -0.2) is 15.0 Å².